The molecule has 38 heavy (non-hydrogen) atoms. The molecule has 1 aromatic heterocycles. The quantitative estimate of drug-likeness (QED) is 0.285. The topological polar surface area (TPSA) is 104 Å². The third-order valence-electron chi connectivity index (χ3n) is 6.37. The van der Waals surface area contributed by atoms with Crippen LogP contribution >= 0.6 is 11.6 Å². The molecular formula is C25H24ClF3N6O3. The largest absolute Gasteiger partial charge is 0.438 e. The zero-order valence-corrected chi connectivity index (χ0v) is 21.2. The van der Waals surface area contributed by atoms with Crippen molar-refractivity contribution < 1.29 is 27.4 Å². The van der Waals surface area contributed by atoms with Gasteiger partial charge < -0.3 is 14.4 Å². The van der Waals surface area contributed by atoms with Gasteiger partial charge in [0, 0.05) is 31.1 Å². The lowest BCUT2D eigenvalue weighted by Crippen LogP contribution is -2.41. The minimum Gasteiger partial charge on any atom is -0.438 e. The van der Waals surface area contributed by atoms with Gasteiger partial charge in [-0.05, 0) is 44.7 Å². The van der Waals surface area contributed by atoms with Crippen LogP contribution in [0.1, 0.15) is 48.6 Å². The number of carbonyl (C=O) groups excluding carboxylic acids is 1. The summed E-state index contributed by atoms with van der Waals surface area (Å²) in [5.74, 6) is -1.09. The van der Waals surface area contributed by atoms with E-state index in [-0.39, 0.29) is 17.5 Å². The predicted octanol–water partition coefficient (Wildman–Crippen LogP) is 4.96. The number of nitriles is 1. The summed E-state index contributed by atoms with van der Waals surface area (Å²) in [6.45, 7) is 6.28. The second-order valence-electron chi connectivity index (χ2n) is 8.68. The maximum Gasteiger partial charge on any atom is 0.421 e. The van der Waals surface area contributed by atoms with Crippen molar-refractivity contribution in [3.8, 4) is 17.7 Å². The van der Waals surface area contributed by atoms with E-state index in [4.69, 9.17) is 26.3 Å². The van der Waals surface area contributed by atoms with Gasteiger partial charge in [0.25, 0.3) is 5.91 Å². The highest BCUT2D eigenvalue weighted by Crippen LogP contribution is 2.41. The SMILES string of the molecule is C=NN(C(=O)/C(Cl)=C(\C)N1CCc2c(ncnc2Oc2cccc(C#N)c2C(F)(F)F)C1)C1CCCCO1. The number of hydrogen-bond acceptors (Lipinski definition) is 8. The number of rotatable bonds is 6. The van der Waals surface area contributed by atoms with E-state index in [1.807, 2.05) is 4.90 Å². The third kappa shape index (κ3) is 5.58. The average Bonchev–Trinajstić information content (AvgIpc) is 2.92. The van der Waals surface area contributed by atoms with Crippen molar-refractivity contribution in [1.29, 1.82) is 5.26 Å². The Morgan fingerprint density at radius 2 is 2.16 bits per heavy atom. The van der Waals surface area contributed by atoms with E-state index in [9.17, 15) is 18.0 Å². The Bertz CT molecular complexity index is 1300. The van der Waals surface area contributed by atoms with E-state index in [0.29, 0.717) is 42.9 Å². The zero-order valence-electron chi connectivity index (χ0n) is 20.5. The van der Waals surface area contributed by atoms with Crippen LogP contribution in [0.5, 0.6) is 11.6 Å². The molecule has 2 aromatic rings. The summed E-state index contributed by atoms with van der Waals surface area (Å²) in [6.07, 6.45) is -1.41. The van der Waals surface area contributed by atoms with Crippen LogP contribution < -0.4 is 4.74 Å². The van der Waals surface area contributed by atoms with Gasteiger partial charge in [0.05, 0.1) is 23.9 Å². The van der Waals surface area contributed by atoms with Crippen LogP contribution in [0.15, 0.2) is 40.4 Å². The van der Waals surface area contributed by atoms with Gasteiger partial charge >= 0.3 is 6.18 Å². The van der Waals surface area contributed by atoms with Gasteiger partial charge in [0.15, 0.2) is 6.23 Å². The molecule has 0 saturated carbocycles. The Morgan fingerprint density at radius 3 is 2.82 bits per heavy atom. The van der Waals surface area contributed by atoms with Gasteiger partial charge in [-0.25, -0.2) is 15.0 Å². The van der Waals surface area contributed by atoms with Crippen molar-refractivity contribution in [3.05, 3.63) is 57.6 Å². The van der Waals surface area contributed by atoms with Gasteiger partial charge in [-0.1, -0.05) is 17.7 Å². The lowest BCUT2D eigenvalue weighted by Gasteiger charge is -2.33. The number of hydrazone groups is 1. The highest BCUT2D eigenvalue weighted by molar-refractivity contribution is 6.42. The highest BCUT2D eigenvalue weighted by atomic mass is 35.5. The number of fused-ring (bicyclic) bond motifs is 1. The molecule has 9 nitrogen and oxygen atoms in total. The molecule has 0 radical (unpaired) electrons. The average molecular weight is 549 g/mol. The Balaban J connectivity index is 1.57. The molecule has 1 aromatic carbocycles. The van der Waals surface area contributed by atoms with E-state index in [1.54, 1.807) is 13.0 Å². The number of nitrogens with zero attached hydrogens (tertiary/aromatic N) is 6. The first-order chi connectivity index (χ1) is 18.2. The highest BCUT2D eigenvalue weighted by Gasteiger charge is 2.38. The van der Waals surface area contributed by atoms with Crippen LogP contribution in [-0.4, -0.2) is 51.9 Å². The fourth-order valence-corrected chi connectivity index (χ4v) is 4.61. The van der Waals surface area contributed by atoms with Crippen molar-refractivity contribution in [2.24, 2.45) is 5.10 Å². The molecule has 3 heterocycles. The molecule has 1 amide bonds. The lowest BCUT2D eigenvalue weighted by atomic mass is 10.0. The number of ether oxygens (including phenoxy) is 2. The van der Waals surface area contributed by atoms with Crippen LogP contribution in [0.25, 0.3) is 0 Å². The van der Waals surface area contributed by atoms with Crippen molar-refractivity contribution in [3.63, 3.8) is 0 Å². The summed E-state index contributed by atoms with van der Waals surface area (Å²) in [5.41, 5.74) is -0.199. The zero-order chi connectivity index (χ0) is 27.4. The second kappa shape index (κ2) is 11.4. The van der Waals surface area contributed by atoms with Crippen LogP contribution in [0, 0.1) is 11.3 Å². The van der Waals surface area contributed by atoms with Gasteiger partial charge in [-0.3, -0.25) is 4.79 Å². The number of aromatic nitrogens is 2. The molecule has 4 rings (SSSR count). The molecule has 0 spiro atoms. The maximum atomic E-state index is 13.7. The Kier molecular flexibility index (Phi) is 8.18. The molecule has 1 unspecified atom stereocenters. The first kappa shape index (κ1) is 27.3. The summed E-state index contributed by atoms with van der Waals surface area (Å²) >= 11 is 6.48. The Hall–Kier alpha value is -3.69. The maximum absolute atomic E-state index is 13.7. The fourth-order valence-electron chi connectivity index (χ4n) is 4.40. The third-order valence-corrected chi connectivity index (χ3v) is 6.81. The number of hydrogen-bond donors (Lipinski definition) is 0. The molecule has 1 fully saturated rings. The minimum atomic E-state index is -4.80. The Labute approximate surface area is 222 Å². The smallest absolute Gasteiger partial charge is 0.421 e. The molecule has 0 N–H and O–H groups in total. The van der Waals surface area contributed by atoms with Gasteiger partial charge in [0.1, 0.15) is 22.7 Å². The van der Waals surface area contributed by atoms with Gasteiger partial charge in [0.2, 0.25) is 5.88 Å². The number of amides is 1. The van der Waals surface area contributed by atoms with Gasteiger partial charge in [-0.2, -0.15) is 23.5 Å². The second-order valence-corrected chi connectivity index (χ2v) is 9.06. The normalized spacial score (nSPS) is 18.1. The number of allylic oxidation sites excluding steroid dienone is 1. The summed E-state index contributed by atoms with van der Waals surface area (Å²) < 4.78 is 52.3. The molecule has 200 valence electrons. The first-order valence-corrected chi connectivity index (χ1v) is 12.2. The van der Waals surface area contributed by atoms with E-state index in [2.05, 4.69) is 21.8 Å². The molecule has 13 heteroatoms. The summed E-state index contributed by atoms with van der Waals surface area (Å²) in [7, 11) is 0. The van der Waals surface area contributed by atoms with Crippen LogP contribution in [0.4, 0.5) is 13.2 Å². The van der Waals surface area contributed by atoms with E-state index in [1.165, 1.54) is 12.4 Å². The number of halogens is 4. The molecule has 0 aliphatic carbocycles. The molecular weight excluding hydrogens is 525 g/mol. The summed E-state index contributed by atoms with van der Waals surface area (Å²) in [5, 5.41) is 14.1. The monoisotopic (exact) mass is 548 g/mol. The van der Waals surface area contributed by atoms with Gasteiger partial charge in [-0.15, -0.1) is 0 Å². The lowest BCUT2D eigenvalue weighted by molar-refractivity contribution is -0.146. The number of alkyl halides is 3. The Morgan fingerprint density at radius 1 is 1.37 bits per heavy atom. The van der Waals surface area contributed by atoms with Crippen LogP contribution in [0.3, 0.4) is 0 Å². The summed E-state index contributed by atoms with van der Waals surface area (Å²) in [4.78, 5) is 23.2. The number of carbonyl (C=O) groups is 1. The standard InChI is InChI=1S/C25H24ClF3N6O3/c1-15(22(26)24(36)35(31-2)20-8-3-4-11-37-20)34-10-9-17-18(13-34)32-14-33-23(17)38-19-7-5-6-16(12-30)21(19)25(27,28)29/h5-7,14,20H,2-4,8-11,13H2,1H3/b22-15-. The molecule has 1 atom stereocenters. The van der Waals surface area contributed by atoms with E-state index < -0.39 is 35.2 Å². The van der Waals surface area contributed by atoms with Crippen LogP contribution in [0.2, 0.25) is 0 Å². The van der Waals surface area contributed by atoms with Crippen molar-refractivity contribution in [2.45, 2.75) is 51.6 Å². The van der Waals surface area contributed by atoms with E-state index >= 15 is 0 Å². The van der Waals surface area contributed by atoms with E-state index in [0.717, 1.165) is 30.0 Å². The molecule has 1 saturated heterocycles. The van der Waals surface area contributed by atoms with Crippen molar-refractivity contribution >= 4 is 24.2 Å². The summed E-state index contributed by atoms with van der Waals surface area (Å²) in [6, 6.07) is 5.08. The molecule has 0 bridgehead atoms. The number of benzene rings is 1. The minimum absolute atomic E-state index is 0.0319. The first-order valence-electron chi connectivity index (χ1n) is 11.8. The van der Waals surface area contributed by atoms with Crippen LogP contribution in [-0.2, 0) is 28.7 Å². The fraction of sp³-hybridized carbons (Fsp3) is 0.400. The predicted molar refractivity (Wildman–Crippen MR) is 131 cm³/mol. The van der Waals surface area contributed by atoms with Crippen molar-refractivity contribution in [2.75, 3.05) is 13.2 Å². The van der Waals surface area contributed by atoms with Crippen molar-refractivity contribution in [1.82, 2.24) is 19.9 Å². The molecule has 2 aliphatic heterocycles. The molecule has 2 aliphatic rings.